The zero-order valence-corrected chi connectivity index (χ0v) is 12.3. The fourth-order valence-corrected chi connectivity index (χ4v) is 2.02. The lowest BCUT2D eigenvalue weighted by Crippen LogP contribution is -2.29. The van der Waals surface area contributed by atoms with Crippen LogP contribution in [-0.4, -0.2) is 45.9 Å². The molecular formula is C15H22N2O4. The van der Waals surface area contributed by atoms with Crippen molar-refractivity contribution >= 4 is 11.6 Å². The van der Waals surface area contributed by atoms with E-state index in [1.54, 1.807) is 13.2 Å². The normalized spacial score (nSPS) is 13.0. The summed E-state index contributed by atoms with van der Waals surface area (Å²) in [6, 6.07) is 5.40. The zero-order chi connectivity index (χ0) is 14.9. The monoisotopic (exact) mass is 294 g/mol. The zero-order valence-electron chi connectivity index (χ0n) is 12.3. The van der Waals surface area contributed by atoms with Gasteiger partial charge in [-0.15, -0.1) is 0 Å². The van der Waals surface area contributed by atoms with Crippen LogP contribution in [0.1, 0.15) is 12.8 Å². The second-order valence-electron chi connectivity index (χ2n) is 4.78. The van der Waals surface area contributed by atoms with Crippen molar-refractivity contribution in [2.45, 2.75) is 12.8 Å². The molecule has 0 radical (unpaired) electrons. The highest BCUT2D eigenvalue weighted by molar-refractivity contribution is 5.92. The molecule has 0 bridgehead atoms. The number of hydrogen-bond acceptors (Lipinski definition) is 5. The number of nitrogens with one attached hydrogen (secondary N) is 2. The van der Waals surface area contributed by atoms with Crippen LogP contribution in [0, 0.1) is 0 Å². The molecule has 0 atom stereocenters. The van der Waals surface area contributed by atoms with E-state index in [1.165, 1.54) is 0 Å². The number of carbonyl (C=O) groups is 1. The Kier molecular flexibility index (Phi) is 6.30. The minimum atomic E-state index is -0.0709. The highest BCUT2D eigenvalue weighted by Gasteiger charge is 2.12. The van der Waals surface area contributed by atoms with Crippen molar-refractivity contribution in [3.63, 3.8) is 0 Å². The summed E-state index contributed by atoms with van der Waals surface area (Å²) in [6.07, 6.45) is 1.98. The van der Waals surface area contributed by atoms with Gasteiger partial charge in [0.25, 0.3) is 0 Å². The molecule has 0 aromatic heterocycles. The first-order chi connectivity index (χ1) is 10.3. The second kappa shape index (κ2) is 8.49. The number of amides is 1. The van der Waals surface area contributed by atoms with E-state index in [9.17, 15) is 4.79 Å². The molecule has 116 valence electrons. The summed E-state index contributed by atoms with van der Waals surface area (Å²) >= 11 is 0. The Hall–Kier alpha value is -1.79. The van der Waals surface area contributed by atoms with Crippen LogP contribution in [0.5, 0.6) is 11.5 Å². The SMILES string of the molecule is COCCCCNCC(=O)Nc1ccc2c(c1)OCCO2. The Labute approximate surface area is 124 Å². The minimum absolute atomic E-state index is 0.0709. The molecule has 0 aliphatic carbocycles. The molecule has 0 spiro atoms. The Balaban J connectivity index is 1.70. The van der Waals surface area contributed by atoms with E-state index in [0.717, 1.165) is 31.7 Å². The molecule has 1 aliphatic rings. The molecule has 1 heterocycles. The van der Waals surface area contributed by atoms with E-state index in [0.29, 0.717) is 31.2 Å². The second-order valence-corrected chi connectivity index (χ2v) is 4.78. The van der Waals surface area contributed by atoms with Gasteiger partial charge in [-0.2, -0.15) is 0 Å². The fraction of sp³-hybridized carbons (Fsp3) is 0.533. The number of anilines is 1. The average molecular weight is 294 g/mol. The number of rotatable bonds is 8. The number of unbranched alkanes of at least 4 members (excludes halogenated alkanes) is 1. The molecule has 6 nitrogen and oxygen atoms in total. The molecule has 0 unspecified atom stereocenters. The highest BCUT2D eigenvalue weighted by atomic mass is 16.6. The lowest BCUT2D eigenvalue weighted by atomic mass is 10.2. The minimum Gasteiger partial charge on any atom is -0.486 e. The van der Waals surface area contributed by atoms with Gasteiger partial charge in [-0.3, -0.25) is 4.79 Å². The van der Waals surface area contributed by atoms with Gasteiger partial charge in [-0.05, 0) is 31.5 Å². The van der Waals surface area contributed by atoms with Crippen LogP contribution < -0.4 is 20.1 Å². The van der Waals surface area contributed by atoms with Crippen LogP contribution in [0.2, 0.25) is 0 Å². The maximum atomic E-state index is 11.8. The van der Waals surface area contributed by atoms with Crippen LogP contribution in [0.15, 0.2) is 18.2 Å². The van der Waals surface area contributed by atoms with E-state index < -0.39 is 0 Å². The molecule has 0 saturated carbocycles. The molecule has 1 aliphatic heterocycles. The molecule has 2 rings (SSSR count). The van der Waals surface area contributed by atoms with E-state index in [1.807, 2.05) is 12.1 Å². The van der Waals surface area contributed by atoms with Gasteiger partial charge in [0.1, 0.15) is 13.2 Å². The van der Waals surface area contributed by atoms with Crippen molar-refractivity contribution in [3.05, 3.63) is 18.2 Å². The van der Waals surface area contributed by atoms with Crippen LogP contribution in [0.25, 0.3) is 0 Å². The van der Waals surface area contributed by atoms with Crippen LogP contribution in [0.4, 0.5) is 5.69 Å². The summed E-state index contributed by atoms with van der Waals surface area (Å²) in [5.74, 6) is 1.32. The van der Waals surface area contributed by atoms with E-state index in [4.69, 9.17) is 14.2 Å². The van der Waals surface area contributed by atoms with Gasteiger partial charge in [-0.1, -0.05) is 0 Å². The summed E-state index contributed by atoms with van der Waals surface area (Å²) in [5, 5.41) is 5.94. The van der Waals surface area contributed by atoms with E-state index >= 15 is 0 Å². The maximum Gasteiger partial charge on any atom is 0.238 e. The van der Waals surface area contributed by atoms with Crippen LogP contribution >= 0.6 is 0 Å². The summed E-state index contributed by atoms with van der Waals surface area (Å²) in [6.45, 7) is 2.95. The number of ether oxygens (including phenoxy) is 3. The number of benzene rings is 1. The molecule has 2 N–H and O–H groups in total. The third-order valence-corrected chi connectivity index (χ3v) is 3.06. The van der Waals surface area contributed by atoms with E-state index in [2.05, 4.69) is 10.6 Å². The summed E-state index contributed by atoms with van der Waals surface area (Å²) in [7, 11) is 1.69. The first kappa shape index (κ1) is 15.6. The molecule has 1 aromatic carbocycles. The smallest absolute Gasteiger partial charge is 0.238 e. The quantitative estimate of drug-likeness (QED) is 0.710. The highest BCUT2D eigenvalue weighted by Crippen LogP contribution is 2.32. The van der Waals surface area contributed by atoms with Gasteiger partial charge in [0, 0.05) is 25.5 Å². The Morgan fingerprint density at radius 2 is 2.05 bits per heavy atom. The molecule has 21 heavy (non-hydrogen) atoms. The standard InChI is InChI=1S/C15H22N2O4/c1-19-7-3-2-6-16-11-15(18)17-12-4-5-13-14(10-12)21-9-8-20-13/h4-5,10,16H,2-3,6-9,11H2,1H3,(H,17,18). The van der Waals surface area contributed by atoms with Crippen molar-refractivity contribution in [3.8, 4) is 11.5 Å². The summed E-state index contributed by atoms with van der Waals surface area (Å²) in [4.78, 5) is 11.8. The number of methoxy groups -OCH3 is 1. The molecule has 0 fully saturated rings. The lowest BCUT2D eigenvalue weighted by Gasteiger charge is -2.19. The van der Waals surface area contributed by atoms with Gasteiger partial charge in [0.05, 0.1) is 6.54 Å². The number of hydrogen-bond donors (Lipinski definition) is 2. The predicted molar refractivity (Wildman–Crippen MR) is 80.0 cm³/mol. The fourth-order valence-electron chi connectivity index (χ4n) is 2.02. The van der Waals surface area contributed by atoms with Gasteiger partial charge < -0.3 is 24.8 Å². The van der Waals surface area contributed by atoms with E-state index in [-0.39, 0.29) is 5.91 Å². The van der Waals surface area contributed by atoms with Gasteiger partial charge >= 0.3 is 0 Å². The number of fused-ring (bicyclic) bond motifs is 1. The molecule has 6 heteroatoms. The van der Waals surface area contributed by atoms with Gasteiger partial charge in [0.15, 0.2) is 11.5 Å². The average Bonchev–Trinajstić information content (AvgIpc) is 2.50. The van der Waals surface area contributed by atoms with Crippen molar-refractivity contribution in [2.24, 2.45) is 0 Å². The summed E-state index contributed by atoms with van der Waals surface area (Å²) in [5.41, 5.74) is 0.713. The molecular weight excluding hydrogens is 272 g/mol. The first-order valence-corrected chi connectivity index (χ1v) is 7.19. The maximum absolute atomic E-state index is 11.8. The first-order valence-electron chi connectivity index (χ1n) is 7.19. The Morgan fingerprint density at radius 3 is 2.86 bits per heavy atom. The molecule has 0 saturated heterocycles. The number of carbonyl (C=O) groups excluding carboxylic acids is 1. The van der Waals surface area contributed by atoms with Crippen molar-refractivity contribution in [1.29, 1.82) is 0 Å². The van der Waals surface area contributed by atoms with Crippen LogP contribution in [-0.2, 0) is 9.53 Å². The topological polar surface area (TPSA) is 68.8 Å². The Morgan fingerprint density at radius 1 is 1.24 bits per heavy atom. The predicted octanol–water partition coefficient (Wildman–Crippen LogP) is 1.41. The van der Waals surface area contributed by atoms with Crippen molar-refractivity contribution in [1.82, 2.24) is 5.32 Å². The summed E-state index contributed by atoms with van der Waals surface area (Å²) < 4.78 is 15.9. The Bertz CT molecular complexity index is 465. The molecule has 1 amide bonds. The van der Waals surface area contributed by atoms with Crippen molar-refractivity contribution in [2.75, 3.05) is 45.3 Å². The largest absolute Gasteiger partial charge is 0.486 e. The van der Waals surface area contributed by atoms with Crippen molar-refractivity contribution < 1.29 is 19.0 Å². The lowest BCUT2D eigenvalue weighted by molar-refractivity contribution is -0.115. The van der Waals surface area contributed by atoms with Gasteiger partial charge in [-0.25, -0.2) is 0 Å². The van der Waals surface area contributed by atoms with Gasteiger partial charge in [0.2, 0.25) is 5.91 Å². The molecule has 1 aromatic rings. The third-order valence-electron chi connectivity index (χ3n) is 3.06. The third kappa shape index (κ3) is 5.24. The van der Waals surface area contributed by atoms with Crippen LogP contribution in [0.3, 0.4) is 0 Å².